The van der Waals surface area contributed by atoms with Crippen LogP contribution in [0.1, 0.15) is 25.3 Å². The van der Waals surface area contributed by atoms with E-state index in [9.17, 15) is 4.79 Å². The van der Waals surface area contributed by atoms with Crippen LogP contribution in [0.4, 0.5) is 0 Å². The first-order chi connectivity index (χ1) is 9.50. The molecule has 0 aliphatic carbocycles. The van der Waals surface area contributed by atoms with E-state index in [0.29, 0.717) is 6.54 Å². The molecule has 2 rings (SSSR count). The Hall–Kier alpha value is -0.330. The van der Waals surface area contributed by atoms with Crippen LogP contribution >= 0.6 is 40.7 Å². The molecule has 3 N–H and O–H groups in total. The third-order valence-electron chi connectivity index (χ3n) is 3.83. The average molecular weight is 413 g/mol. The Kier molecular flexibility index (Phi) is 9.58. The molecule has 0 bridgehead atoms. The van der Waals surface area contributed by atoms with E-state index < -0.39 is 5.54 Å². The van der Waals surface area contributed by atoms with Crippen LogP contribution in [0.2, 0.25) is 0 Å². The van der Waals surface area contributed by atoms with E-state index in [0.717, 1.165) is 29.7 Å². The normalized spacial score (nSPS) is 17.0. The fourth-order valence-corrected chi connectivity index (χ4v) is 2.71. The van der Waals surface area contributed by atoms with E-state index in [1.54, 1.807) is 6.92 Å². The number of benzene rings is 1. The van der Waals surface area contributed by atoms with Crippen LogP contribution in [0.3, 0.4) is 0 Å². The highest BCUT2D eigenvalue weighted by Crippen LogP contribution is 2.20. The number of carbonyl (C=O) groups is 1. The van der Waals surface area contributed by atoms with Crippen molar-refractivity contribution in [2.75, 3.05) is 26.2 Å². The molecule has 1 aromatic carbocycles. The van der Waals surface area contributed by atoms with Crippen LogP contribution in [-0.2, 0) is 10.3 Å². The molecule has 0 saturated carbocycles. The number of amides is 1. The van der Waals surface area contributed by atoms with E-state index in [-0.39, 0.29) is 30.7 Å². The van der Waals surface area contributed by atoms with Gasteiger partial charge in [-0.25, -0.2) is 0 Å². The summed E-state index contributed by atoms with van der Waals surface area (Å²) in [5.41, 5.74) is 6.01. The second-order valence-electron chi connectivity index (χ2n) is 5.51. The predicted octanol–water partition coefficient (Wildman–Crippen LogP) is 2.68. The van der Waals surface area contributed by atoms with Gasteiger partial charge in [0, 0.05) is 17.6 Å². The lowest BCUT2D eigenvalue weighted by molar-refractivity contribution is -0.126. The lowest BCUT2D eigenvalue weighted by Gasteiger charge is -2.25. The third-order valence-corrected chi connectivity index (χ3v) is 4.36. The average Bonchev–Trinajstić information content (AvgIpc) is 2.92. The Balaban J connectivity index is 0.00000220. The molecule has 0 radical (unpaired) electrons. The van der Waals surface area contributed by atoms with Crippen molar-refractivity contribution in [2.24, 2.45) is 5.73 Å². The topological polar surface area (TPSA) is 58.4 Å². The van der Waals surface area contributed by atoms with Crippen molar-refractivity contribution in [2.45, 2.75) is 25.3 Å². The van der Waals surface area contributed by atoms with Gasteiger partial charge in [0.1, 0.15) is 5.54 Å². The number of carbonyl (C=O) groups excluding carboxylic acids is 1. The Morgan fingerprint density at radius 2 is 1.82 bits per heavy atom. The molecule has 1 amide bonds. The first kappa shape index (κ1) is 21.7. The van der Waals surface area contributed by atoms with Gasteiger partial charge >= 0.3 is 0 Å². The summed E-state index contributed by atoms with van der Waals surface area (Å²) >= 11 is 3.38. The maximum Gasteiger partial charge on any atom is 0.244 e. The minimum atomic E-state index is -0.994. The Morgan fingerprint density at radius 1 is 1.27 bits per heavy atom. The Morgan fingerprint density at radius 3 is 2.36 bits per heavy atom. The van der Waals surface area contributed by atoms with Crippen molar-refractivity contribution in [1.82, 2.24) is 10.2 Å². The molecule has 1 atom stereocenters. The molecule has 7 heteroatoms. The molecule has 1 unspecified atom stereocenters. The lowest BCUT2D eigenvalue weighted by Crippen LogP contribution is -2.50. The molecular weight excluding hydrogens is 389 g/mol. The summed E-state index contributed by atoms with van der Waals surface area (Å²) in [7, 11) is 0. The lowest BCUT2D eigenvalue weighted by atomic mass is 9.92. The molecule has 1 aliphatic heterocycles. The van der Waals surface area contributed by atoms with Gasteiger partial charge in [-0.15, -0.1) is 24.8 Å². The monoisotopic (exact) mass is 411 g/mol. The molecule has 0 aromatic heterocycles. The molecule has 1 aliphatic rings. The van der Waals surface area contributed by atoms with Gasteiger partial charge in [-0.05, 0) is 50.6 Å². The smallest absolute Gasteiger partial charge is 0.244 e. The summed E-state index contributed by atoms with van der Waals surface area (Å²) < 4.78 is 0.978. The van der Waals surface area contributed by atoms with E-state index in [4.69, 9.17) is 5.73 Å². The van der Waals surface area contributed by atoms with Gasteiger partial charge in [-0.1, -0.05) is 28.1 Å². The minimum absolute atomic E-state index is 0. The minimum Gasteiger partial charge on any atom is -0.353 e. The summed E-state index contributed by atoms with van der Waals surface area (Å²) in [6, 6.07) is 7.56. The highest BCUT2D eigenvalue weighted by molar-refractivity contribution is 9.10. The highest BCUT2D eigenvalue weighted by atomic mass is 79.9. The van der Waals surface area contributed by atoms with Gasteiger partial charge in [0.25, 0.3) is 0 Å². The van der Waals surface area contributed by atoms with Gasteiger partial charge in [0.05, 0.1) is 0 Å². The standard InChI is InChI=1S/C15H22BrN3O.2ClH/c1-15(17,12-4-6-13(16)7-5-12)14(20)18-8-11-19-9-2-3-10-19;;/h4-7H,2-3,8-11,17H2,1H3,(H,18,20);2*1H. The van der Waals surface area contributed by atoms with E-state index in [2.05, 4.69) is 26.1 Å². The Labute approximate surface area is 153 Å². The number of nitrogens with one attached hydrogen (secondary N) is 1. The highest BCUT2D eigenvalue weighted by Gasteiger charge is 2.30. The van der Waals surface area contributed by atoms with E-state index >= 15 is 0 Å². The maximum atomic E-state index is 12.3. The summed E-state index contributed by atoms with van der Waals surface area (Å²) in [5.74, 6) is -0.126. The molecule has 4 nitrogen and oxygen atoms in total. The number of likely N-dealkylation sites (tertiary alicyclic amines) is 1. The molecule has 1 aromatic rings. The van der Waals surface area contributed by atoms with Gasteiger partial charge < -0.3 is 16.0 Å². The zero-order valence-electron chi connectivity index (χ0n) is 12.7. The molecule has 1 saturated heterocycles. The van der Waals surface area contributed by atoms with Crippen LogP contribution in [0.5, 0.6) is 0 Å². The number of halogens is 3. The van der Waals surface area contributed by atoms with E-state index in [1.807, 2.05) is 24.3 Å². The summed E-state index contributed by atoms with van der Waals surface area (Å²) in [4.78, 5) is 14.6. The number of nitrogens with two attached hydrogens (primary N) is 1. The fourth-order valence-electron chi connectivity index (χ4n) is 2.44. The maximum absolute atomic E-state index is 12.3. The number of hydrogen-bond acceptors (Lipinski definition) is 3. The van der Waals surface area contributed by atoms with Gasteiger partial charge in [-0.2, -0.15) is 0 Å². The van der Waals surface area contributed by atoms with Crippen molar-refractivity contribution in [1.29, 1.82) is 0 Å². The first-order valence-electron chi connectivity index (χ1n) is 7.06. The third kappa shape index (κ3) is 5.70. The second-order valence-corrected chi connectivity index (χ2v) is 6.43. The fraction of sp³-hybridized carbons (Fsp3) is 0.533. The summed E-state index contributed by atoms with van der Waals surface area (Å²) in [6.45, 7) is 5.59. The molecular formula is C15H24BrCl2N3O. The Bertz CT molecular complexity index is 462. The summed E-state index contributed by atoms with van der Waals surface area (Å²) in [5, 5.41) is 2.95. The van der Waals surface area contributed by atoms with Crippen molar-refractivity contribution in [3.8, 4) is 0 Å². The molecule has 1 heterocycles. The van der Waals surface area contributed by atoms with Crippen molar-refractivity contribution < 1.29 is 4.79 Å². The molecule has 1 fully saturated rings. The zero-order chi connectivity index (χ0) is 14.6. The number of rotatable bonds is 5. The van der Waals surface area contributed by atoms with Gasteiger partial charge in [0.2, 0.25) is 5.91 Å². The number of hydrogen-bond donors (Lipinski definition) is 2. The van der Waals surface area contributed by atoms with Crippen LogP contribution in [0.15, 0.2) is 28.7 Å². The van der Waals surface area contributed by atoms with Crippen LogP contribution in [-0.4, -0.2) is 37.0 Å². The predicted molar refractivity (Wildman–Crippen MR) is 98.9 cm³/mol. The quantitative estimate of drug-likeness (QED) is 0.781. The second kappa shape index (κ2) is 9.73. The van der Waals surface area contributed by atoms with Crippen LogP contribution in [0, 0.1) is 0 Å². The first-order valence-corrected chi connectivity index (χ1v) is 7.85. The zero-order valence-corrected chi connectivity index (χ0v) is 15.9. The van der Waals surface area contributed by atoms with Crippen LogP contribution in [0.25, 0.3) is 0 Å². The molecule has 0 spiro atoms. The van der Waals surface area contributed by atoms with E-state index in [1.165, 1.54) is 12.8 Å². The number of nitrogens with zero attached hydrogens (tertiary/aromatic N) is 1. The largest absolute Gasteiger partial charge is 0.353 e. The SMILES string of the molecule is CC(N)(C(=O)NCCN1CCCC1)c1ccc(Br)cc1.Cl.Cl. The van der Waals surface area contributed by atoms with Crippen molar-refractivity contribution >= 4 is 46.7 Å². The van der Waals surface area contributed by atoms with Crippen LogP contribution < -0.4 is 11.1 Å². The molecule has 126 valence electrons. The van der Waals surface area contributed by atoms with Gasteiger partial charge in [-0.3, -0.25) is 4.79 Å². The molecule has 22 heavy (non-hydrogen) atoms. The van der Waals surface area contributed by atoms with Crippen molar-refractivity contribution in [3.05, 3.63) is 34.3 Å². The van der Waals surface area contributed by atoms with Crippen molar-refractivity contribution in [3.63, 3.8) is 0 Å². The van der Waals surface area contributed by atoms with Gasteiger partial charge in [0.15, 0.2) is 0 Å². The summed E-state index contributed by atoms with van der Waals surface area (Å²) in [6.07, 6.45) is 2.53.